The second kappa shape index (κ2) is 10.6. The summed E-state index contributed by atoms with van der Waals surface area (Å²) in [4.78, 5) is 2.25. The molecular formula is C37H29N. The summed E-state index contributed by atoms with van der Waals surface area (Å²) in [6.07, 6.45) is 0. The molecule has 0 bridgehead atoms. The van der Waals surface area contributed by atoms with Crippen LogP contribution in [-0.4, -0.2) is 7.05 Å². The van der Waals surface area contributed by atoms with Gasteiger partial charge in [0.25, 0.3) is 0 Å². The van der Waals surface area contributed by atoms with E-state index in [1.165, 1.54) is 44.5 Å². The predicted molar refractivity (Wildman–Crippen MR) is 163 cm³/mol. The van der Waals surface area contributed by atoms with E-state index in [2.05, 4.69) is 170 Å². The molecule has 6 rings (SSSR count). The van der Waals surface area contributed by atoms with E-state index < -0.39 is 0 Å². The minimum atomic E-state index is 1.15. The van der Waals surface area contributed by atoms with Crippen LogP contribution >= 0.6 is 0 Å². The maximum absolute atomic E-state index is 2.28. The molecule has 0 aliphatic carbocycles. The summed E-state index contributed by atoms with van der Waals surface area (Å²) >= 11 is 0. The largest absolute Gasteiger partial charge is 0.345 e. The van der Waals surface area contributed by atoms with Gasteiger partial charge in [0, 0.05) is 18.4 Å². The molecule has 6 aromatic carbocycles. The third-order valence-corrected chi connectivity index (χ3v) is 7.13. The fourth-order valence-corrected chi connectivity index (χ4v) is 5.10. The van der Waals surface area contributed by atoms with E-state index in [0.717, 1.165) is 11.4 Å². The molecule has 0 radical (unpaired) electrons. The summed E-state index contributed by atoms with van der Waals surface area (Å²) < 4.78 is 0. The van der Waals surface area contributed by atoms with Gasteiger partial charge < -0.3 is 4.90 Å². The normalized spacial score (nSPS) is 10.8. The molecule has 1 heteroatoms. The SMILES string of the molecule is CN(c1ccc(-c2ccccc2-c2ccccc2)cc1)c1cccc(-c2ccccc2-c2ccccc2)c1. The molecule has 1 nitrogen and oxygen atoms in total. The molecule has 0 atom stereocenters. The monoisotopic (exact) mass is 487 g/mol. The smallest absolute Gasteiger partial charge is 0.0414 e. The molecular weight excluding hydrogens is 458 g/mol. The van der Waals surface area contributed by atoms with E-state index in [1.54, 1.807) is 0 Å². The van der Waals surface area contributed by atoms with Crippen LogP contribution in [0, 0.1) is 0 Å². The summed E-state index contributed by atoms with van der Waals surface area (Å²) in [5, 5.41) is 0. The zero-order valence-electron chi connectivity index (χ0n) is 21.5. The van der Waals surface area contributed by atoms with Crippen LogP contribution < -0.4 is 4.90 Å². The Kier molecular flexibility index (Phi) is 6.57. The topological polar surface area (TPSA) is 3.24 Å². The first-order valence-corrected chi connectivity index (χ1v) is 13.0. The fraction of sp³-hybridized carbons (Fsp3) is 0.0270. The highest BCUT2D eigenvalue weighted by Gasteiger charge is 2.11. The van der Waals surface area contributed by atoms with Crippen LogP contribution in [0.4, 0.5) is 11.4 Å². The zero-order chi connectivity index (χ0) is 25.7. The van der Waals surface area contributed by atoms with Crippen LogP contribution in [0.1, 0.15) is 0 Å². The molecule has 0 heterocycles. The van der Waals surface area contributed by atoms with Gasteiger partial charge in [-0.2, -0.15) is 0 Å². The minimum absolute atomic E-state index is 1.15. The first kappa shape index (κ1) is 23.5. The molecule has 0 spiro atoms. The lowest BCUT2D eigenvalue weighted by molar-refractivity contribution is 1.21. The number of nitrogens with zero attached hydrogens (tertiary/aromatic N) is 1. The summed E-state index contributed by atoms with van der Waals surface area (Å²) in [6, 6.07) is 56.1. The van der Waals surface area contributed by atoms with Crippen molar-refractivity contribution in [3.63, 3.8) is 0 Å². The third-order valence-electron chi connectivity index (χ3n) is 7.13. The van der Waals surface area contributed by atoms with Crippen molar-refractivity contribution in [1.82, 2.24) is 0 Å². The van der Waals surface area contributed by atoms with E-state index in [9.17, 15) is 0 Å². The molecule has 0 aliphatic heterocycles. The van der Waals surface area contributed by atoms with E-state index in [4.69, 9.17) is 0 Å². The number of rotatable bonds is 6. The van der Waals surface area contributed by atoms with Gasteiger partial charge >= 0.3 is 0 Å². The number of hydrogen-bond donors (Lipinski definition) is 0. The van der Waals surface area contributed by atoms with Gasteiger partial charge in [-0.25, -0.2) is 0 Å². The molecule has 0 aliphatic rings. The van der Waals surface area contributed by atoms with Gasteiger partial charge in [-0.3, -0.25) is 0 Å². The Labute approximate surface area is 225 Å². The third kappa shape index (κ3) is 4.75. The van der Waals surface area contributed by atoms with Gasteiger partial charge in [-0.05, 0) is 68.8 Å². The van der Waals surface area contributed by atoms with Crippen LogP contribution in [0.5, 0.6) is 0 Å². The molecule has 38 heavy (non-hydrogen) atoms. The van der Waals surface area contributed by atoms with Crippen molar-refractivity contribution in [2.75, 3.05) is 11.9 Å². The zero-order valence-corrected chi connectivity index (χ0v) is 21.5. The predicted octanol–water partition coefficient (Wildman–Crippen LogP) is 10.1. The maximum Gasteiger partial charge on any atom is 0.0414 e. The summed E-state index contributed by atoms with van der Waals surface area (Å²) in [5.74, 6) is 0. The van der Waals surface area contributed by atoms with Gasteiger partial charge in [0.05, 0.1) is 0 Å². The van der Waals surface area contributed by atoms with Gasteiger partial charge in [0.2, 0.25) is 0 Å². The van der Waals surface area contributed by atoms with Crippen molar-refractivity contribution < 1.29 is 0 Å². The highest BCUT2D eigenvalue weighted by atomic mass is 15.1. The van der Waals surface area contributed by atoms with Crippen LogP contribution in [0.2, 0.25) is 0 Å². The molecule has 0 aromatic heterocycles. The molecule has 0 N–H and O–H groups in total. The highest BCUT2D eigenvalue weighted by Crippen LogP contribution is 2.36. The lowest BCUT2D eigenvalue weighted by atomic mass is 9.94. The summed E-state index contributed by atoms with van der Waals surface area (Å²) in [6.45, 7) is 0. The van der Waals surface area contributed by atoms with Crippen molar-refractivity contribution >= 4 is 11.4 Å². The van der Waals surface area contributed by atoms with E-state index >= 15 is 0 Å². The lowest BCUT2D eigenvalue weighted by Gasteiger charge is -2.21. The van der Waals surface area contributed by atoms with Crippen molar-refractivity contribution in [3.8, 4) is 44.5 Å². The van der Waals surface area contributed by atoms with E-state index in [-0.39, 0.29) is 0 Å². The van der Waals surface area contributed by atoms with Crippen molar-refractivity contribution in [3.05, 3.63) is 158 Å². The Morgan fingerprint density at radius 1 is 0.316 bits per heavy atom. The first-order chi connectivity index (χ1) is 18.8. The molecule has 0 unspecified atom stereocenters. The van der Waals surface area contributed by atoms with E-state index in [1.807, 2.05) is 0 Å². The Morgan fingerprint density at radius 3 is 1.21 bits per heavy atom. The van der Waals surface area contributed by atoms with Crippen molar-refractivity contribution in [2.24, 2.45) is 0 Å². The molecule has 0 amide bonds. The number of benzene rings is 6. The molecule has 182 valence electrons. The first-order valence-electron chi connectivity index (χ1n) is 13.0. The summed E-state index contributed by atoms with van der Waals surface area (Å²) in [7, 11) is 2.13. The van der Waals surface area contributed by atoms with Gasteiger partial charge in [0.15, 0.2) is 0 Å². The molecule has 0 fully saturated rings. The van der Waals surface area contributed by atoms with Crippen LogP contribution in [0.15, 0.2) is 158 Å². The Balaban J connectivity index is 1.31. The van der Waals surface area contributed by atoms with Gasteiger partial charge in [-0.15, -0.1) is 0 Å². The second-order valence-electron chi connectivity index (χ2n) is 9.48. The van der Waals surface area contributed by atoms with Crippen LogP contribution in [0.3, 0.4) is 0 Å². The lowest BCUT2D eigenvalue weighted by Crippen LogP contribution is -2.09. The van der Waals surface area contributed by atoms with Crippen LogP contribution in [0.25, 0.3) is 44.5 Å². The molecule has 0 saturated carbocycles. The average molecular weight is 488 g/mol. The molecule has 6 aromatic rings. The van der Waals surface area contributed by atoms with Crippen molar-refractivity contribution in [2.45, 2.75) is 0 Å². The Bertz CT molecular complexity index is 1650. The Morgan fingerprint density at radius 2 is 0.711 bits per heavy atom. The minimum Gasteiger partial charge on any atom is -0.345 e. The fourth-order valence-electron chi connectivity index (χ4n) is 5.10. The van der Waals surface area contributed by atoms with Crippen LogP contribution in [-0.2, 0) is 0 Å². The number of anilines is 2. The number of hydrogen-bond acceptors (Lipinski definition) is 1. The molecule has 0 saturated heterocycles. The van der Waals surface area contributed by atoms with Gasteiger partial charge in [0.1, 0.15) is 0 Å². The highest BCUT2D eigenvalue weighted by molar-refractivity contribution is 5.86. The maximum atomic E-state index is 2.28. The second-order valence-corrected chi connectivity index (χ2v) is 9.48. The Hall–Kier alpha value is -4.88. The van der Waals surface area contributed by atoms with Crippen molar-refractivity contribution in [1.29, 1.82) is 0 Å². The average Bonchev–Trinajstić information content (AvgIpc) is 3.02. The summed E-state index contributed by atoms with van der Waals surface area (Å²) in [5.41, 5.74) is 12.2. The quantitative estimate of drug-likeness (QED) is 0.226. The standard InChI is InChI=1S/C37H29N/c1-38(32-25-23-30(24-26-32)36-21-9-8-19-34(36)28-13-4-2-5-14-28)33-18-12-17-31(27-33)37-22-11-10-20-35(37)29-15-6-3-7-16-29/h2-27H,1H3. The van der Waals surface area contributed by atoms with E-state index in [0.29, 0.717) is 0 Å². The van der Waals surface area contributed by atoms with Gasteiger partial charge in [-0.1, -0.05) is 133 Å².